The van der Waals surface area contributed by atoms with Gasteiger partial charge in [-0.15, -0.1) is 22.7 Å². The second-order valence-electron chi connectivity index (χ2n) is 18.3. The molecule has 3 aromatic heterocycles. The zero-order valence-electron chi connectivity index (χ0n) is 37.7. The highest BCUT2D eigenvalue weighted by Crippen LogP contribution is 2.48. The van der Waals surface area contributed by atoms with Gasteiger partial charge in [0.1, 0.15) is 4.83 Å². The minimum absolute atomic E-state index is 1.06. The van der Waals surface area contributed by atoms with Gasteiger partial charge in [-0.3, -0.25) is 0 Å². The number of nitrogens with zero attached hydrogens (tertiary/aromatic N) is 3. The van der Waals surface area contributed by atoms with Gasteiger partial charge in [0.25, 0.3) is 0 Å². The largest absolute Gasteiger partial charge is 0.310 e. The molecule has 0 unspecified atom stereocenters. The average molecular weight is 926 g/mol. The predicted molar refractivity (Wildman–Crippen MR) is 304 cm³/mol. The quantitative estimate of drug-likeness (QED) is 0.155. The molecule has 0 spiro atoms. The summed E-state index contributed by atoms with van der Waals surface area (Å²) >= 11 is 3.62. The summed E-state index contributed by atoms with van der Waals surface area (Å²) in [5.74, 6) is 0. The van der Waals surface area contributed by atoms with Crippen molar-refractivity contribution in [3.63, 3.8) is 0 Å². The molecule has 3 nitrogen and oxygen atoms in total. The van der Waals surface area contributed by atoms with E-state index in [2.05, 4.69) is 234 Å². The molecule has 12 aromatic carbocycles. The Kier molecular flexibility index (Phi) is 8.70. The molecule has 0 aliphatic carbocycles. The summed E-state index contributed by atoms with van der Waals surface area (Å²) in [4.78, 5) is 10.7. The Labute approximate surface area is 410 Å². The highest BCUT2D eigenvalue weighted by molar-refractivity contribution is 7.26. The summed E-state index contributed by atoms with van der Waals surface area (Å²) in [6.07, 6.45) is 1.89. The summed E-state index contributed by atoms with van der Waals surface area (Å²) < 4.78 is 3.81. The highest BCUT2D eigenvalue weighted by atomic mass is 32.1. The van der Waals surface area contributed by atoms with Gasteiger partial charge in [-0.1, -0.05) is 152 Å². The number of aromatic nitrogens is 1. The van der Waals surface area contributed by atoms with Crippen LogP contribution in [0.1, 0.15) is 0 Å². The lowest BCUT2D eigenvalue weighted by Crippen LogP contribution is -2.11. The minimum atomic E-state index is 1.06. The van der Waals surface area contributed by atoms with Crippen LogP contribution >= 0.6 is 22.7 Å². The number of rotatable bonds is 6. The van der Waals surface area contributed by atoms with Crippen LogP contribution in [0.3, 0.4) is 0 Å². The molecule has 326 valence electrons. The normalized spacial score (nSPS) is 12.0. The maximum Gasteiger partial charge on any atom is 0.124 e. The van der Waals surface area contributed by atoms with E-state index in [-0.39, 0.29) is 0 Å². The van der Waals surface area contributed by atoms with Gasteiger partial charge in [-0.05, 0) is 133 Å². The third-order valence-corrected chi connectivity index (χ3v) is 16.6. The maximum absolute atomic E-state index is 4.73. The highest BCUT2D eigenvalue weighted by Gasteiger charge is 2.22. The zero-order valence-corrected chi connectivity index (χ0v) is 39.3. The Bertz CT molecular complexity index is 4350. The third kappa shape index (κ3) is 6.09. The van der Waals surface area contributed by atoms with Gasteiger partial charge >= 0.3 is 0 Å². The van der Waals surface area contributed by atoms with E-state index in [1.807, 2.05) is 23.6 Å². The molecule has 0 amide bonds. The first kappa shape index (κ1) is 39.4. The Morgan fingerprint density at radius 3 is 1.21 bits per heavy atom. The summed E-state index contributed by atoms with van der Waals surface area (Å²) in [6, 6.07) is 85.5. The van der Waals surface area contributed by atoms with E-state index in [4.69, 9.17) is 4.98 Å². The molecule has 0 aliphatic heterocycles. The second-order valence-corrected chi connectivity index (χ2v) is 20.4. The molecule has 0 radical (unpaired) electrons. The average Bonchev–Trinajstić information content (AvgIpc) is 3.99. The van der Waals surface area contributed by atoms with Crippen molar-refractivity contribution in [3.05, 3.63) is 237 Å². The van der Waals surface area contributed by atoms with Crippen LogP contribution in [0.4, 0.5) is 34.1 Å². The minimum Gasteiger partial charge on any atom is -0.310 e. The molecule has 70 heavy (non-hydrogen) atoms. The first-order valence-corrected chi connectivity index (χ1v) is 25.4. The number of hydrogen-bond donors (Lipinski definition) is 0. The van der Waals surface area contributed by atoms with E-state index < -0.39 is 0 Å². The molecular weight excluding hydrogens is 887 g/mol. The Balaban J connectivity index is 0.912. The van der Waals surface area contributed by atoms with Crippen molar-refractivity contribution in [2.75, 3.05) is 9.80 Å². The van der Waals surface area contributed by atoms with E-state index in [1.54, 1.807) is 11.3 Å². The lowest BCUT2D eigenvalue weighted by Gasteiger charge is -2.28. The van der Waals surface area contributed by atoms with Crippen LogP contribution in [0.2, 0.25) is 0 Å². The SMILES string of the molecule is c1ccc2c(c1)cc(N(c1ccc3c(ccc4cc(N(c5ccc6c(c5)sc5ncccc56)c5cc6ccccc6c6ccccc56)ccc43)c1)c1ccc3c(c1)sc1ccccc13)c1ccccc12. The monoisotopic (exact) mass is 925 g/mol. The van der Waals surface area contributed by atoms with E-state index in [0.29, 0.717) is 0 Å². The summed E-state index contributed by atoms with van der Waals surface area (Å²) in [7, 11) is 0. The van der Waals surface area contributed by atoms with Gasteiger partial charge in [0.2, 0.25) is 0 Å². The standard InChI is InChI=1S/C65H39N3S2/c1-3-14-48-40(12-1)36-60(54-18-7-5-16-52(48)54)67(46-27-31-57-56-20-9-10-22-62(56)69-63(57)38-46)44-25-29-50-42(34-44)23-24-43-35-45(26-30-51(43)50)68(47-28-32-58-59-21-11-33-66-65(59)70-64(58)39-47)61-37-41-13-2-4-15-49(41)53-17-6-8-19-55(53)61/h1-39H. The van der Waals surface area contributed by atoms with Gasteiger partial charge in [0.15, 0.2) is 0 Å². The molecule has 0 fully saturated rings. The van der Waals surface area contributed by atoms with Crippen LogP contribution in [-0.2, 0) is 0 Å². The third-order valence-electron chi connectivity index (χ3n) is 14.4. The molecule has 0 N–H and O–H groups in total. The number of benzene rings is 12. The molecule has 0 saturated carbocycles. The van der Waals surface area contributed by atoms with E-state index in [9.17, 15) is 0 Å². The molecule has 0 bridgehead atoms. The van der Waals surface area contributed by atoms with Crippen molar-refractivity contribution >= 4 is 162 Å². The second kappa shape index (κ2) is 15.5. The van der Waals surface area contributed by atoms with Gasteiger partial charge in [0, 0.05) is 75.4 Å². The van der Waals surface area contributed by atoms with Crippen molar-refractivity contribution in [2.45, 2.75) is 0 Å². The van der Waals surface area contributed by atoms with Gasteiger partial charge < -0.3 is 9.80 Å². The van der Waals surface area contributed by atoms with Crippen molar-refractivity contribution in [3.8, 4) is 0 Å². The van der Waals surface area contributed by atoms with E-state index >= 15 is 0 Å². The number of hydrogen-bond acceptors (Lipinski definition) is 5. The predicted octanol–water partition coefficient (Wildman–Crippen LogP) is 19.7. The summed E-state index contributed by atoms with van der Waals surface area (Å²) in [5, 5.41) is 19.7. The fourth-order valence-corrected chi connectivity index (χ4v) is 13.4. The van der Waals surface area contributed by atoms with Crippen LogP contribution in [0.5, 0.6) is 0 Å². The molecular formula is C65H39N3S2. The van der Waals surface area contributed by atoms with Crippen LogP contribution in [0.25, 0.3) is 105 Å². The molecule has 5 heteroatoms. The van der Waals surface area contributed by atoms with Crippen LogP contribution < -0.4 is 9.80 Å². The summed E-state index contributed by atoms with van der Waals surface area (Å²) in [6.45, 7) is 0. The molecule has 15 aromatic rings. The van der Waals surface area contributed by atoms with E-state index in [0.717, 1.165) is 39.0 Å². The topological polar surface area (TPSA) is 19.4 Å². The van der Waals surface area contributed by atoms with Gasteiger partial charge in [0.05, 0.1) is 11.4 Å². The lowest BCUT2D eigenvalue weighted by atomic mass is 9.97. The first-order valence-electron chi connectivity index (χ1n) is 23.7. The molecule has 0 saturated heterocycles. The van der Waals surface area contributed by atoms with Crippen molar-refractivity contribution < 1.29 is 0 Å². The number of pyridine rings is 1. The molecule has 0 aliphatic rings. The molecule has 0 atom stereocenters. The fraction of sp³-hybridized carbons (Fsp3) is 0. The van der Waals surface area contributed by atoms with Crippen LogP contribution in [0, 0.1) is 0 Å². The maximum atomic E-state index is 4.73. The zero-order chi connectivity index (χ0) is 45.9. The molecule has 15 rings (SSSR count). The van der Waals surface area contributed by atoms with Crippen molar-refractivity contribution in [2.24, 2.45) is 0 Å². The summed E-state index contributed by atoms with van der Waals surface area (Å²) in [5.41, 5.74) is 6.77. The fourth-order valence-electron chi connectivity index (χ4n) is 11.2. The number of fused-ring (bicyclic) bond motifs is 15. The Hall–Kier alpha value is -8.61. The lowest BCUT2D eigenvalue weighted by molar-refractivity contribution is 1.31. The Morgan fingerprint density at radius 1 is 0.257 bits per heavy atom. The molecule has 3 heterocycles. The number of thiophene rings is 2. The van der Waals surface area contributed by atoms with Crippen molar-refractivity contribution in [1.82, 2.24) is 4.98 Å². The van der Waals surface area contributed by atoms with Gasteiger partial charge in [-0.25, -0.2) is 4.98 Å². The van der Waals surface area contributed by atoms with Gasteiger partial charge in [-0.2, -0.15) is 0 Å². The Morgan fingerprint density at radius 2 is 0.643 bits per heavy atom. The first-order chi connectivity index (χ1) is 34.7. The smallest absolute Gasteiger partial charge is 0.124 e. The van der Waals surface area contributed by atoms with Crippen LogP contribution in [-0.4, -0.2) is 4.98 Å². The van der Waals surface area contributed by atoms with Crippen molar-refractivity contribution in [1.29, 1.82) is 0 Å². The number of anilines is 6. The van der Waals surface area contributed by atoms with E-state index in [1.165, 1.54) is 100 Å². The van der Waals surface area contributed by atoms with Crippen LogP contribution in [0.15, 0.2) is 237 Å².